The minimum Gasteiger partial charge on any atom is -0.391 e. The van der Waals surface area contributed by atoms with Crippen LogP contribution >= 0.6 is 0 Å². The van der Waals surface area contributed by atoms with Crippen LogP contribution in [0.4, 0.5) is 10.5 Å². The molecule has 0 bridgehead atoms. The van der Waals surface area contributed by atoms with Gasteiger partial charge in [0, 0.05) is 38.9 Å². The molecule has 1 heterocycles. The summed E-state index contributed by atoms with van der Waals surface area (Å²) in [6, 6.07) is 8.11. The number of likely N-dealkylation sites (N-methyl/N-ethyl adjacent to an activating group) is 1. The summed E-state index contributed by atoms with van der Waals surface area (Å²) in [5, 5.41) is 12.8. The summed E-state index contributed by atoms with van der Waals surface area (Å²) < 4.78 is 0. The molecule has 1 aliphatic heterocycles. The molecule has 1 aromatic rings. The van der Waals surface area contributed by atoms with Gasteiger partial charge in [0.1, 0.15) is 0 Å². The normalized spacial score (nSPS) is 18.1. The molecular weight excluding hydrogens is 290 g/mol. The zero-order valence-electron chi connectivity index (χ0n) is 13.6. The van der Waals surface area contributed by atoms with Crippen molar-refractivity contribution in [3.05, 3.63) is 42.0 Å². The lowest BCUT2D eigenvalue weighted by Crippen LogP contribution is -2.41. The van der Waals surface area contributed by atoms with Crippen molar-refractivity contribution < 1.29 is 9.90 Å². The molecule has 2 amide bonds. The number of aliphatic hydroxyl groups excluding tert-OH is 1. The van der Waals surface area contributed by atoms with E-state index < -0.39 is 6.10 Å². The number of rotatable bonds is 6. The third kappa shape index (κ3) is 4.26. The summed E-state index contributed by atoms with van der Waals surface area (Å²) >= 11 is 0. The van der Waals surface area contributed by atoms with Gasteiger partial charge in [-0.25, -0.2) is 4.79 Å². The first-order valence-corrected chi connectivity index (χ1v) is 8.29. The number of carbonyl (C=O) groups is 1. The second kappa shape index (κ2) is 7.04. The Morgan fingerprint density at radius 3 is 2.83 bits per heavy atom. The smallest absolute Gasteiger partial charge is 0.317 e. The first kappa shape index (κ1) is 15.9. The molecule has 5 heteroatoms. The molecule has 5 nitrogen and oxygen atoms in total. The van der Waals surface area contributed by atoms with Crippen molar-refractivity contribution in [2.75, 3.05) is 31.6 Å². The third-order valence-corrected chi connectivity index (χ3v) is 4.51. The number of nitrogens with zero attached hydrogens (tertiary/aromatic N) is 2. The van der Waals surface area contributed by atoms with Crippen molar-refractivity contribution >= 4 is 11.7 Å². The van der Waals surface area contributed by atoms with E-state index in [9.17, 15) is 9.90 Å². The topological polar surface area (TPSA) is 55.8 Å². The summed E-state index contributed by atoms with van der Waals surface area (Å²) in [6.45, 7) is 2.78. The number of hydrogen-bond acceptors (Lipinski definition) is 3. The lowest BCUT2D eigenvalue weighted by atomic mass is 10.2. The van der Waals surface area contributed by atoms with Crippen molar-refractivity contribution in [3.8, 4) is 0 Å². The van der Waals surface area contributed by atoms with E-state index in [0.29, 0.717) is 19.0 Å². The van der Waals surface area contributed by atoms with E-state index in [2.05, 4.69) is 34.5 Å². The van der Waals surface area contributed by atoms with Gasteiger partial charge in [0.2, 0.25) is 0 Å². The molecule has 23 heavy (non-hydrogen) atoms. The highest BCUT2D eigenvalue weighted by Gasteiger charge is 2.31. The zero-order valence-corrected chi connectivity index (χ0v) is 13.6. The number of anilines is 1. The summed E-state index contributed by atoms with van der Waals surface area (Å²) in [6.07, 6.45) is 6.09. The van der Waals surface area contributed by atoms with Crippen molar-refractivity contribution in [1.29, 1.82) is 0 Å². The Labute approximate surface area is 137 Å². The third-order valence-electron chi connectivity index (χ3n) is 4.51. The first-order chi connectivity index (χ1) is 11.1. The molecule has 0 spiro atoms. The molecule has 2 N–H and O–H groups in total. The van der Waals surface area contributed by atoms with Crippen LogP contribution in [0.5, 0.6) is 0 Å². The standard InChI is InChI=1S/C18H25N3O2/c1-20(13-17(22)15-7-8-15)18(23)19-12-14-5-4-6-16(11-14)21-9-2-3-10-21/h2-6,11,15,17,22H,7-10,12-13H2,1H3,(H,19,23). The number of aliphatic hydroxyl groups is 1. The fraction of sp³-hybridized carbons (Fsp3) is 0.500. The van der Waals surface area contributed by atoms with Crippen LogP contribution in [-0.2, 0) is 6.54 Å². The van der Waals surface area contributed by atoms with Crippen molar-refractivity contribution in [1.82, 2.24) is 10.2 Å². The largest absolute Gasteiger partial charge is 0.391 e. The number of hydrogen-bond donors (Lipinski definition) is 2. The van der Waals surface area contributed by atoms with Crippen LogP contribution in [0, 0.1) is 5.92 Å². The molecule has 3 rings (SSSR count). The monoisotopic (exact) mass is 315 g/mol. The van der Waals surface area contributed by atoms with E-state index in [-0.39, 0.29) is 6.03 Å². The van der Waals surface area contributed by atoms with Gasteiger partial charge in [0.25, 0.3) is 0 Å². The highest BCUT2D eigenvalue weighted by molar-refractivity contribution is 5.73. The van der Waals surface area contributed by atoms with Crippen LogP contribution in [0.3, 0.4) is 0 Å². The molecule has 0 radical (unpaired) electrons. The van der Waals surface area contributed by atoms with Gasteiger partial charge in [-0.2, -0.15) is 0 Å². The number of carbonyl (C=O) groups excluding carboxylic acids is 1. The summed E-state index contributed by atoms with van der Waals surface area (Å²) in [4.78, 5) is 16.0. The predicted molar refractivity (Wildman–Crippen MR) is 91.4 cm³/mol. The molecule has 0 aromatic heterocycles. The quantitative estimate of drug-likeness (QED) is 0.789. The van der Waals surface area contributed by atoms with E-state index in [4.69, 9.17) is 0 Å². The van der Waals surface area contributed by atoms with Crippen LogP contribution in [0.1, 0.15) is 18.4 Å². The molecule has 1 fully saturated rings. The van der Waals surface area contributed by atoms with Gasteiger partial charge in [-0.1, -0.05) is 24.3 Å². The fourth-order valence-electron chi connectivity index (χ4n) is 2.86. The Morgan fingerprint density at radius 1 is 1.39 bits per heavy atom. The van der Waals surface area contributed by atoms with Crippen molar-refractivity contribution in [2.45, 2.75) is 25.5 Å². The highest BCUT2D eigenvalue weighted by Crippen LogP contribution is 2.32. The number of nitrogens with one attached hydrogen (secondary N) is 1. The maximum atomic E-state index is 12.1. The molecule has 1 aromatic carbocycles. The predicted octanol–water partition coefficient (Wildman–Crippen LogP) is 1.98. The lowest BCUT2D eigenvalue weighted by Gasteiger charge is -2.22. The Kier molecular flexibility index (Phi) is 4.86. The van der Waals surface area contributed by atoms with Crippen LogP contribution < -0.4 is 10.2 Å². The Hall–Kier alpha value is -2.01. The molecule has 0 saturated heterocycles. The van der Waals surface area contributed by atoms with Crippen molar-refractivity contribution in [2.24, 2.45) is 5.92 Å². The van der Waals surface area contributed by atoms with Gasteiger partial charge in [-0.05, 0) is 36.5 Å². The Balaban J connectivity index is 1.49. The van der Waals surface area contributed by atoms with Gasteiger partial charge < -0.3 is 20.2 Å². The molecule has 124 valence electrons. The Morgan fingerprint density at radius 2 is 2.13 bits per heavy atom. The molecule has 2 aliphatic rings. The number of amides is 2. The maximum Gasteiger partial charge on any atom is 0.317 e. The van der Waals surface area contributed by atoms with Crippen LogP contribution in [0.2, 0.25) is 0 Å². The molecule has 1 atom stereocenters. The van der Waals surface area contributed by atoms with E-state index in [1.165, 1.54) is 5.69 Å². The minimum absolute atomic E-state index is 0.141. The molecular formula is C18H25N3O2. The average molecular weight is 315 g/mol. The summed E-state index contributed by atoms with van der Waals surface area (Å²) in [7, 11) is 1.73. The SMILES string of the molecule is CN(CC(O)C1CC1)C(=O)NCc1cccc(N2CC=CC2)c1. The number of benzene rings is 1. The van der Waals surface area contributed by atoms with Crippen LogP contribution in [0.25, 0.3) is 0 Å². The lowest BCUT2D eigenvalue weighted by molar-refractivity contribution is 0.113. The van der Waals surface area contributed by atoms with Crippen LogP contribution in [-0.4, -0.2) is 48.8 Å². The van der Waals surface area contributed by atoms with Gasteiger partial charge in [0.05, 0.1) is 6.10 Å². The minimum atomic E-state index is -0.392. The van der Waals surface area contributed by atoms with E-state index in [0.717, 1.165) is 31.5 Å². The van der Waals surface area contributed by atoms with E-state index in [1.807, 2.05) is 12.1 Å². The summed E-state index contributed by atoms with van der Waals surface area (Å²) in [5.74, 6) is 0.385. The average Bonchev–Trinajstić information content (AvgIpc) is 3.27. The van der Waals surface area contributed by atoms with Crippen LogP contribution in [0.15, 0.2) is 36.4 Å². The van der Waals surface area contributed by atoms with E-state index in [1.54, 1.807) is 11.9 Å². The van der Waals surface area contributed by atoms with Gasteiger partial charge in [0.15, 0.2) is 0 Å². The highest BCUT2D eigenvalue weighted by atomic mass is 16.3. The fourth-order valence-corrected chi connectivity index (χ4v) is 2.86. The summed E-state index contributed by atoms with van der Waals surface area (Å²) in [5.41, 5.74) is 2.26. The van der Waals surface area contributed by atoms with E-state index >= 15 is 0 Å². The maximum absolute atomic E-state index is 12.1. The van der Waals surface area contributed by atoms with Gasteiger partial charge in [-0.3, -0.25) is 0 Å². The zero-order chi connectivity index (χ0) is 16.2. The molecule has 1 unspecified atom stereocenters. The van der Waals surface area contributed by atoms with Gasteiger partial charge in [-0.15, -0.1) is 0 Å². The second-order valence-electron chi connectivity index (χ2n) is 6.49. The van der Waals surface area contributed by atoms with Crippen molar-refractivity contribution in [3.63, 3.8) is 0 Å². The Bertz CT molecular complexity index is 575. The molecule has 1 aliphatic carbocycles. The second-order valence-corrected chi connectivity index (χ2v) is 6.49. The number of urea groups is 1. The molecule has 1 saturated carbocycles. The first-order valence-electron chi connectivity index (χ1n) is 8.29. The van der Waals surface area contributed by atoms with Gasteiger partial charge >= 0.3 is 6.03 Å².